The number of amides is 1. The van der Waals surface area contributed by atoms with Crippen molar-refractivity contribution >= 4 is 42.6 Å². The molecule has 0 aliphatic heterocycles. The maximum absolute atomic E-state index is 13.7. The zero-order chi connectivity index (χ0) is 23.9. The van der Waals surface area contributed by atoms with Crippen molar-refractivity contribution in [1.82, 2.24) is 9.29 Å². The number of nitrogens with zero attached hydrogens (tertiary/aromatic N) is 3. The minimum atomic E-state index is -3.60. The zero-order valence-electron chi connectivity index (χ0n) is 18.4. The molecule has 174 valence electrons. The van der Waals surface area contributed by atoms with Crippen molar-refractivity contribution < 1.29 is 17.6 Å². The first-order chi connectivity index (χ1) is 16.3. The van der Waals surface area contributed by atoms with Gasteiger partial charge in [0.05, 0.1) is 21.7 Å². The molecule has 0 radical (unpaired) electrons. The number of benzene rings is 3. The summed E-state index contributed by atoms with van der Waals surface area (Å²) in [6.07, 6.45) is 1.74. The third kappa shape index (κ3) is 4.46. The van der Waals surface area contributed by atoms with E-state index < -0.39 is 10.0 Å². The van der Waals surface area contributed by atoms with Crippen molar-refractivity contribution in [2.24, 2.45) is 0 Å². The molecule has 0 N–H and O–H groups in total. The fraction of sp³-hybridized carbons (Fsp3) is 0.200. The van der Waals surface area contributed by atoms with Gasteiger partial charge in [-0.2, -0.15) is 4.31 Å². The van der Waals surface area contributed by atoms with Gasteiger partial charge in [-0.25, -0.2) is 17.8 Å². The molecule has 0 spiro atoms. The van der Waals surface area contributed by atoms with Crippen LogP contribution in [0.25, 0.3) is 10.2 Å². The van der Waals surface area contributed by atoms with Crippen LogP contribution >= 0.6 is 11.3 Å². The van der Waals surface area contributed by atoms with Crippen LogP contribution in [-0.2, 0) is 16.6 Å². The fourth-order valence-corrected chi connectivity index (χ4v) is 6.12. The Balaban J connectivity index is 1.48. The first-order valence-electron chi connectivity index (χ1n) is 10.8. The van der Waals surface area contributed by atoms with Crippen molar-refractivity contribution in [2.45, 2.75) is 30.3 Å². The summed E-state index contributed by atoms with van der Waals surface area (Å²) in [5, 5.41) is 0.444. The summed E-state index contributed by atoms with van der Waals surface area (Å²) in [5.41, 5.74) is 1.86. The van der Waals surface area contributed by atoms with Gasteiger partial charge in [-0.3, -0.25) is 9.69 Å². The van der Waals surface area contributed by atoms with Crippen LogP contribution in [0.1, 0.15) is 28.8 Å². The number of sulfonamides is 1. The Kier molecular flexibility index (Phi) is 5.93. The number of anilines is 1. The number of aromatic nitrogens is 1. The SMILES string of the molecule is CN(C1CC1)S(=O)(=O)c1ccc(C(=O)N(Cc2ccccc2)c2nc3ccc(F)cc3s2)cc1. The highest BCUT2D eigenvalue weighted by Crippen LogP contribution is 2.32. The van der Waals surface area contributed by atoms with Gasteiger partial charge < -0.3 is 0 Å². The molecule has 1 aliphatic rings. The molecule has 1 amide bonds. The Morgan fingerprint density at radius 3 is 2.44 bits per heavy atom. The lowest BCUT2D eigenvalue weighted by Crippen LogP contribution is -2.31. The number of carbonyl (C=O) groups excluding carboxylic acids is 1. The van der Waals surface area contributed by atoms with E-state index in [0.717, 1.165) is 18.4 Å². The highest BCUT2D eigenvalue weighted by atomic mass is 32.2. The molecule has 6 nitrogen and oxygen atoms in total. The van der Waals surface area contributed by atoms with Crippen molar-refractivity contribution in [3.63, 3.8) is 0 Å². The molecule has 1 heterocycles. The Bertz CT molecular complexity index is 1450. The number of fused-ring (bicyclic) bond motifs is 1. The van der Waals surface area contributed by atoms with Crippen LogP contribution in [0.3, 0.4) is 0 Å². The van der Waals surface area contributed by atoms with Crippen LogP contribution in [0, 0.1) is 5.82 Å². The van der Waals surface area contributed by atoms with Gasteiger partial charge in [0.1, 0.15) is 5.82 Å². The monoisotopic (exact) mass is 495 g/mol. The van der Waals surface area contributed by atoms with E-state index in [1.165, 1.54) is 56.9 Å². The fourth-order valence-electron chi connectivity index (χ4n) is 3.72. The summed E-state index contributed by atoms with van der Waals surface area (Å²) in [6.45, 7) is 0.270. The smallest absolute Gasteiger partial charge is 0.260 e. The van der Waals surface area contributed by atoms with Gasteiger partial charge in [0.25, 0.3) is 5.91 Å². The van der Waals surface area contributed by atoms with Crippen molar-refractivity contribution in [2.75, 3.05) is 11.9 Å². The molecule has 9 heteroatoms. The van der Waals surface area contributed by atoms with E-state index in [1.54, 1.807) is 13.1 Å². The third-order valence-electron chi connectivity index (χ3n) is 5.84. The molecule has 0 saturated heterocycles. The second-order valence-corrected chi connectivity index (χ2v) is 11.3. The van der Waals surface area contributed by atoms with E-state index in [9.17, 15) is 17.6 Å². The van der Waals surface area contributed by atoms with Crippen LogP contribution in [0.2, 0.25) is 0 Å². The summed E-state index contributed by atoms with van der Waals surface area (Å²) < 4.78 is 41.4. The number of halogens is 1. The van der Waals surface area contributed by atoms with Crippen LogP contribution in [0.4, 0.5) is 9.52 Å². The molecule has 1 saturated carbocycles. The minimum absolute atomic E-state index is 0.0524. The van der Waals surface area contributed by atoms with Crippen molar-refractivity contribution in [3.05, 3.63) is 89.7 Å². The first-order valence-corrected chi connectivity index (χ1v) is 13.1. The lowest BCUT2D eigenvalue weighted by Gasteiger charge is -2.21. The average molecular weight is 496 g/mol. The van der Waals surface area contributed by atoms with Crippen molar-refractivity contribution in [3.8, 4) is 0 Å². The van der Waals surface area contributed by atoms with E-state index in [4.69, 9.17) is 0 Å². The predicted molar refractivity (Wildman–Crippen MR) is 131 cm³/mol. The Hall–Kier alpha value is -3.14. The maximum atomic E-state index is 13.7. The predicted octanol–water partition coefficient (Wildman–Crippen LogP) is 5.07. The van der Waals surface area contributed by atoms with Crippen LogP contribution in [0.5, 0.6) is 0 Å². The lowest BCUT2D eigenvalue weighted by atomic mass is 10.1. The topological polar surface area (TPSA) is 70.6 Å². The Morgan fingerprint density at radius 2 is 1.76 bits per heavy atom. The second-order valence-electron chi connectivity index (χ2n) is 8.26. The first kappa shape index (κ1) is 22.6. The maximum Gasteiger partial charge on any atom is 0.260 e. The zero-order valence-corrected chi connectivity index (χ0v) is 20.0. The molecule has 0 atom stereocenters. The van der Waals surface area contributed by atoms with Gasteiger partial charge in [-0.05, 0) is 60.9 Å². The molecule has 4 aromatic rings. The highest BCUT2D eigenvalue weighted by molar-refractivity contribution is 7.89. The van der Waals surface area contributed by atoms with Gasteiger partial charge in [0.15, 0.2) is 5.13 Å². The summed E-state index contributed by atoms with van der Waals surface area (Å²) in [4.78, 5) is 19.8. The van der Waals surface area contributed by atoms with E-state index in [1.807, 2.05) is 30.3 Å². The van der Waals surface area contributed by atoms with Gasteiger partial charge in [-0.1, -0.05) is 41.7 Å². The largest absolute Gasteiger partial charge is 0.279 e. The molecule has 0 bridgehead atoms. The average Bonchev–Trinajstić information content (AvgIpc) is 3.61. The van der Waals surface area contributed by atoms with Crippen molar-refractivity contribution in [1.29, 1.82) is 0 Å². The minimum Gasteiger partial charge on any atom is -0.279 e. The Labute approximate surface area is 201 Å². The van der Waals surface area contributed by atoms with Gasteiger partial charge in [0, 0.05) is 18.7 Å². The number of thiazole rings is 1. The summed E-state index contributed by atoms with van der Waals surface area (Å²) in [6, 6.07) is 19.9. The molecular weight excluding hydrogens is 473 g/mol. The molecule has 3 aromatic carbocycles. The normalized spacial score (nSPS) is 14.0. The van der Waals surface area contributed by atoms with Gasteiger partial charge >= 0.3 is 0 Å². The number of hydrogen-bond donors (Lipinski definition) is 0. The number of carbonyl (C=O) groups is 1. The summed E-state index contributed by atoms with van der Waals surface area (Å²) >= 11 is 1.23. The van der Waals surface area contributed by atoms with Crippen LogP contribution in [-0.4, -0.2) is 36.7 Å². The summed E-state index contributed by atoms with van der Waals surface area (Å²) in [7, 11) is -2.01. The molecule has 34 heavy (non-hydrogen) atoms. The summed E-state index contributed by atoms with van der Waals surface area (Å²) in [5.74, 6) is -0.681. The lowest BCUT2D eigenvalue weighted by molar-refractivity contribution is 0.0985. The number of hydrogen-bond acceptors (Lipinski definition) is 5. The molecule has 5 rings (SSSR count). The molecule has 1 fully saturated rings. The highest BCUT2D eigenvalue weighted by Gasteiger charge is 2.35. The van der Waals surface area contributed by atoms with Crippen LogP contribution in [0.15, 0.2) is 77.7 Å². The standard InChI is InChI=1S/C25H22FN3O3S2/c1-28(20-10-11-20)34(31,32)21-12-7-18(8-13-21)24(30)29(16-17-5-3-2-4-6-17)25-27-22-14-9-19(26)15-23(22)33-25/h2-9,12-15,20H,10-11,16H2,1H3. The quantitative estimate of drug-likeness (QED) is 0.359. The van der Waals surface area contributed by atoms with E-state index in [0.29, 0.717) is 20.9 Å². The van der Waals surface area contributed by atoms with E-state index >= 15 is 0 Å². The molecule has 1 aromatic heterocycles. The molecular formula is C25H22FN3O3S2. The van der Waals surface area contributed by atoms with Crippen LogP contribution < -0.4 is 4.90 Å². The molecule has 0 unspecified atom stereocenters. The molecule has 1 aliphatic carbocycles. The van der Waals surface area contributed by atoms with Gasteiger partial charge in [-0.15, -0.1) is 0 Å². The number of rotatable bonds is 7. The van der Waals surface area contributed by atoms with Gasteiger partial charge in [0.2, 0.25) is 10.0 Å². The van der Waals surface area contributed by atoms with E-state index in [2.05, 4.69) is 4.98 Å². The third-order valence-corrected chi connectivity index (χ3v) is 8.80. The van der Waals surface area contributed by atoms with E-state index in [-0.39, 0.29) is 29.2 Å². The Morgan fingerprint density at radius 1 is 1.06 bits per heavy atom. The second kappa shape index (κ2) is 8.90.